The number of carbonyl (C=O) groups excluding carboxylic acids is 3. The van der Waals surface area contributed by atoms with Crippen LogP contribution in [-0.4, -0.2) is 71.8 Å². The van der Waals surface area contributed by atoms with Crippen LogP contribution in [0, 0.1) is 23.7 Å². The maximum Gasteiger partial charge on any atom is 0.250 e. The lowest BCUT2D eigenvalue weighted by Crippen LogP contribution is -2.57. The SMILES string of the molecule is CC[C@H](C)[C@H](CO)N1C(=O)[C@@H]2[C@H](C(=O)NC)[C@@]3(C)OC2(CC3C)C1C(=O)Nc1ccc(OC)cc1. The van der Waals surface area contributed by atoms with Gasteiger partial charge in [-0.1, -0.05) is 27.2 Å². The molecule has 3 aliphatic rings. The average molecular weight is 488 g/mol. The molecule has 9 nitrogen and oxygen atoms in total. The average Bonchev–Trinajstić information content (AvgIpc) is 3.36. The summed E-state index contributed by atoms with van der Waals surface area (Å²) >= 11 is 0. The van der Waals surface area contributed by atoms with E-state index >= 15 is 0 Å². The third-order valence-electron chi connectivity index (χ3n) is 8.73. The molecule has 1 spiro atoms. The summed E-state index contributed by atoms with van der Waals surface area (Å²) in [5.41, 5.74) is -1.46. The molecule has 0 radical (unpaired) electrons. The number of hydrogen-bond acceptors (Lipinski definition) is 6. The molecule has 1 aromatic rings. The first-order valence-corrected chi connectivity index (χ1v) is 12.4. The van der Waals surface area contributed by atoms with E-state index in [2.05, 4.69) is 10.6 Å². The number of ether oxygens (including phenoxy) is 2. The summed E-state index contributed by atoms with van der Waals surface area (Å²) in [5, 5.41) is 16.0. The molecule has 0 saturated carbocycles. The number of methoxy groups -OCH3 is 1. The fourth-order valence-corrected chi connectivity index (χ4v) is 6.59. The Bertz CT molecular complexity index is 999. The third-order valence-corrected chi connectivity index (χ3v) is 8.73. The van der Waals surface area contributed by atoms with Crippen molar-refractivity contribution in [2.24, 2.45) is 23.7 Å². The lowest BCUT2D eigenvalue weighted by atomic mass is 9.62. The number of rotatable bonds is 8. The number of aliphatic hydroxyl groups is 1. The fraction of sp³-hybridized carbons (Fsp3) is 0.654. The summed E-state index contributed by atoms with van der Waals surface area (Å²) in [6.07, 6.45) is 1.19. The molecule has 2 bridgehead atoms. The molecule has 3 unspecified atom stereocenters. The van der Waals surface area contributed by atoms with Gasteiger partial charge in [-0.15, -0.1) is 0 Å². The molecule has 4 rings (SSSR count). The van der Waals surface area contributed by atoms with Crippen molar-refractivity contribution in [3.05, 3.63) is 24.3 Å². The van der Waals surface area contributed by atoms with Crippen molar-refractivity contribution in [1.29, 1.82) is 0 Å². The number of nitrogens with zero attached hydrogens (tertiary/aromatic N) is 1. The van der Waals surface area contributed by atoms with E-state index in [0.717, 1.165) is 0 Å². The van der Waals surface area contributed by atoms with Crippen LogP contribution in [0.15, 0.2) is 24.3 Å². The van der Waals surface area contributed by atoms with Crippen LogP contribution in [0.3, 0.4) is 0 Å². The van der Waals surface area contributed by atoms with Crippen LogP contribution in [0.5, 0.6) is 5.75 Å². The lowest BCUT2D eigenvalue weighted by Gasteiger charge is -2.39. The van der Waals surface area contributed by atoms with Gasteiger partial charge in [0.2, 0.25) is 17.7 Å². The predicted octanol–water partition coefficient (Wildman–Crippen LogP) is 1.80. The van der Waals surface area contributed by atoms with Gasteiger partial charge >= 0.3 is 0 Å². The number of aliphatic hydroxyl groups excluding tert-OH is 1. The van der Waals surface area contributed by atoms with Gasteiger partial charge < -0.3 is 30.1 Å². The number of amides is 3. The monoisotopic (exact) mass is 487 g/mol. The van der Waals surface area contributed by atoms with Gasteiger partial charge in [-0.3, -0.25) is 14.4 Å². The first-order valence-electron chi connectivity index (χ1n) is 12.4. The van der Waals surface area contributed by atoms with Crippen LogP contribution in [0.4, 0.5) is 5.69 Å². The van der Waals surface area contributed by atoms with Gasteiger partial charge in [0.1, 0.15) is 17.4 Å². The van der Waals surface area contributed by atoms with Crippen molar-refractivity contribution in [3.63, 3.8) is 0 Å². The standard InChI is InChI=1S/C26H37N3O6/c1-7-14(2)18(13-30)29-21(23(32)28-16-8-10-17(34-6)11-9-16)26-12-15(3)25(4,35-26)19(22(31)27-5)20(26)24(29)33/h8-11,14-15,18-21,30H,7,12-13H2,1-6H3,(H,27,31)(H,28,32)/t14-,15?,18-,19+,20-,21?,25-,26?/m0/s1. The Morgan fingerprint density at radius 1 is 1.29 bits per heavy atom. The van der Waals surface area contributed by atoms with E-state index in [0.29, 0.717) is 24.3 Å². The van der Waals surface area contributed by atoms with Gasteiger partial charge in [-0.05, 0) is 49.4 Å². The van der Waals surface area contributed by atoms with Gasteiger partial charge in [0.05, 0.1) is 37.2 Å². The van der Waals surface area contributed by atoms with Crippen LogP contribution in [0.25, 0.3) is 0 Å². The maximum absolute atomic E-state index is 14.1. The van der Waals surface area contributed by atoms with Crippen LogP contribution in [0.2, 0.25) is 0 Å². The highest BCUT2D eigenvalue weighted by atomic mass is 16.5. The van der Waals surface area contributed by atoms with Gasteiger partial charge in [-0.25, -0.2) is 0 Å². The van der Waals surface area contributed by atoms with Gasteiger partial charge in [0, 0.05) is 12.7 Å². The summed E-state index contributed by atoms with van der Waals surface area (Å²) in [6, 6.07) is 5.39. The Morgan fingerprint density at radius 2 is 1.94 bits per heavy atom. The molecule has 0 aliphatic carbocycles. The normalized spacial score (nSPS) is 34.9. The molecule has 9 heteroatoms. The Labute approximate surface area is 206 Å². The fourth-order valence-electron chi connectivity index (χ4n) is 6.59. The number of nitrogens with one attached hydrogen (secondary N) is 2. The van der Waals surface area contributed by atoms with E-state index in [1.165, 1.54) is 4.90 Å². The zero-order chi connectivity index (χ0) is 25.7. The topological polar surface area (TPSA) is 117 Å². The van der Waals surface area contributed by atoms with E-state index in [4.69, 9.17) is 9.47 Å². The summed E-state index contributed by atoms with van der Waals surface area (Å²) in [7, 11) is 3.12. The number of carbonyl (C=O) groups is 3. The molecule has 3 fully saturated rings. The molecule has 3 aliphatic heterocycles. The molecule has 3 saturated heterocycles. The summed E-state index contributed by atoms with van der Waals surface area (Å²) in [4.78, 5) is 42.6. The van der Waals surface area contributed by atoms with Crippen LogP contribution < -0.4 is 15.4 Å². The van der Waals surface area contributed by atoms with Crippen molar-refractivity contribution in [2.45, 2.75) is 63.8 Å². The second-order valence-corrected chi connectivity index (χ2v) is 10.4. The minimum Gasteiger partial charge on any atom is -0.497 e. The largest absolute Gasteiger partial charge is 0.497 e. The molecule has 3 N–H and O–H groups in total. The van der Waals surface area contributed by atoms with Gasteiger partial charge in [0.15, 0.2) is 0 Å². The minimum atomic E-state index is -1.15. The predicted molar refractivity (Wildman–Crippen MR) is 130 cm³/mol. The van der Waals surface area contributed by atoms with Crippen LogP contribution in [-0.2, 0) is 19.1 Å². The quantitative estimate of drug-likeness (QED) is 0.515. The van der Waals surface area contributed by atoms with Crippen molar-refractivity contribution in [1.82, 2.24) is 10.2 Å². The van der Waals surface area contributed by atoms with Crippen LogP contribution >= 0.6 is 0 Å². The van der Waals surface area contributed by atoms with E-state index in [1.54, 1.807) is 38.4 Å². The van der Waals surface area contributed by atoms with E-state index in [-0.39, 0.29) is 36.2 Å². The molecule has 3 amide bonds. The number of benzene rings is 1. The number of likely N-dealkylation sites (tertiary alicyclic amines) is 1. The smallest absolute Gasteiger partial charge is 0.250 e. The highest BCUT2D eigenvalue weighted by Gasteiger charge is 2.80. The second-order valence-electron chi connectivity index (χ2n) is 10.4. The highest BCUT2D eigenvalue weighted by Crippen LogP contribution is 2.65. The van der Waals surface area contributed by atoms with Gasteiger partial charge in [-0.2, -0.15) is 0 Å². The Balaban J connectivity index is 1.80. The molecule has 192 valence electrons. The molecule has 8 atom stereocenters. The molecule has 3 heterocycles. The zero-order valence-corrected chi connectivity index (χ0v) is 21.3. The van der Waals surface area contributed by atoms with E-state index in [1.807, 2.05) is 27.7 Å². The van der Waals surface area contributed by atoms with Crippen molar-refractivity contribution < 1.29 is 29.0 Å². The molecule has 0 aromatic heterocycles. The summed E-state index contributed by atoms with van der Waals surface area (Å²) in [5.74, 6) is -1.91. The third kappa shape index (κ3) is 3.62. The van der Waals surface area contributed by atoms with E-state index < -0.39 is 35.1 Å². The second kappa shape index (κ2) is 9.09. The Kier molecular flexibility index (Phi) is 6.61. The Morgan fingerprint density at radius 3 is 2.49 bits per heavy atom. The van der Waals surface area contributed by atoms with Crippen molar-refractivity contribution in [3.8, 4) is 5.75 Å². The molecular formula is C26H37N3O6. The first kappa shape index (κ1) is 25.4. The highest BCUT2D eigenvalue weighted by molar-refractivity contribution is 6.04. The van der Waals surface area contributed by atoms with Gasteiger partial charge in [0.25, 0.3) is 0 Å². The number of hydrogen-bond donors (Lipinski definition) is 3. The van der Waals surface area contributed by atoms with Crippen LogP contribution in [0.1, 0.15) is 40.5 Å². The molecular weight excluding hydrogens is 450 g/mol. The Hall–Kier alpha value is -2.65. The summed E-state index contributed by atoms with van der Waals surface area (Å²) < 4.78 is 11.9. The lowest BCUT2D eigenvalue weighted by molar-refractivity contribution is -0.150. The molecule has 1 aromatic carbocycles. The maximum atomic E-state index is 14.1. The zero-order valence-electron chi connectivity index (χ0n) is 21.3. The molecule has 35 heavy (non-hydrogen) atoms. The number of anilines is 1. The minimum absolute atomic E-state index is 0.0405. The van der Waals surface area contributed by atoms with Crippen molar-refractivity contribution >= 4 is 23.4 Å². The summed E-state index contributed by atoms with van der Waals surface area (Å²) in [6.45, 7) is 7.53. The van der Waals surface area contributed by atoms with Crippen molar-refractivity contribution in [2.75, 3.05) is 26.1 Å². The number of fused-ring (bicyclic) bond motifs is 1. The van der Waals surface area contributed by atoms with E-state index in [9.17, 15) is 19.5 Å². The first-order chi connectivity index (χ1) is 16.6.